The molecule has 2 N–H and O–H groups in total. The van der Waals surface area contributed by atoms with Crippen LogP contribution in [0, 0.1) is 11.3 Å². The molecule has 0 saturated heterocycles. The Morgan fingerprint density at radius 3 is 2.68 bits per heavy atom. The van der Waals surface area contributed by atoms with E-state index in [1.807, 2.05) is 11.4 Å². The first kappa shape index (κ1) is 14.5. The van der Waals surface area contributed by atoms with E-state index >= 15 is 0 Å². The number of carbonyl (C=O) groups is 1. The molecule has 0 spiro atoms. The van der Waals surface area contributed by atoms with Gasteiger partial charge in [0.1, 0.15) is 0 Å². The molecule has 1 heterocycles. The maximum Gasteiger partial charge on any atom is 0.226 e. The van der Waals surface area contributed by atoms with E-state index in [0.717, 1.165) is 19.3 Å². The van der Waals surface area contributed by atoms with Crippen LogP contribution in [-0.4, -0.2) is 17.1 Å². The van der Waals surface area contributed by atoms with E-state index in [1.165, 1.54) is 4.88 Å². The zero-order chi connectivity index (χ0) is 14.0. The predicted octanol–water partition coefficient (Wildman–Crippen LogP) is 3.11. The standard InChI is InChI=1S/C15H23NO2S/c1-15(2,3)13(12-8-5-9-19-12)16-14(18)10-6-4-7-11(10)17/h5,8-11,13,17H,4,6-7H2,1-3H3,(H,16,18). The lowest BCUT2D eigenvalue weighted by molar-refractivity contribution is -0.129. The largest absolute Gasteiger partial charge is 0.392 e. The first-order chi connectivity index (χ1) is 8.89. The Bertz CT molecular complexity index is 422. The highest BCUT2D eigenvalue weighted by Crippen LogP contribution is 2.36. The molecule has 1 aromatic rings. The van der Waals surface area contributed by atoms with Crippen molar-refractivity contribution in [1.29, 1.82) is 0 Å². The van der Waals surface area contributed by atoms with Gasteiger partial charge in [-0.3, -0.25) is 4.79 Å². The van der Waals surface area contributed by atoms with Crippen LogP contribution in [0.4, 0.5) is 0 Å². The summed E-state index contributed by atoms with van der Waals surface area (Å²) in [7, 11) is 0. The Morgan fingerprint density at radius 2 is 2.21 bits per heavy atom. The highest BCUT2D eigenvalue weighted by atomic mass is 32.1. The van der Waals surface area contributed by atoms with Crippen molar-refractivity contribution >= 4 is 17.2 Å². The summed E-state index contributed by atoms with van der Waals surface area (Å²) in [5.74, 6) is -0.233. The fourth-order valence-corrected chi connectivity index (χ4v) is 3.69. The molecule has 1 fully saturated rings. The zero-order valence-electron chi connectivity index (χ0n) is 11.8. The molecular weight excluding hydrogens is 258 g/mol. The number of thiophene rings is 1. The molecule has 106 valence electrons. The molecule has 1 aromatic heterocycles. The second kappa shape index (κ2) is 5.63. The van der Waals surface area contributed by atoms with Crippen molar-refractivity contribution in [3.8, 4) is 0 Å². The fourth-order valence-electron chi connectivity index (χ4n) is 2.67. The Labute approximate surface area is 119 Å². The average Bonchev–Trinajstić information content (AvgIpc) is 2.94. The number of rotatable bonds is 3. The van der Waals surface area contributed by atoms with Gasteiger partial charge in [-0.15, -0.1) is 11.3 Å². The second-order valence-electron chi connectivity index (χ2n) is 6.43. The Kier molecular flexibility index (Phi) is 4.31. The highest BCUT2D eigenvalue weighted by Gasteiger charge is 2.35. The molecule has 4 heteroatoms. The first-order valence-corrected chi connectivity index (χ1v) is 7.79. The van der Waals surface area contributed by atoms with Crippen molar-refractivity contribution in [2.75, 3.05) is 0 Å². The van der Waals surface area contributed by atoms with Gasteiger partial charge >= 0.3 is 0 Å². The van der Waals surface area contributed by atoms with Crippen LogP contribution < -0.4 is 5.32 Å². The van der Waals surface area contributed by atoms with Crippen LogP contribution in [0.5, 0.6) is 0 Å². The maximum absolute atomic E-state index is 12.3. The van der Waals surface area contributed by atoms with Crippen molar-refractivity contribution in [1.82, 2.24) is 5.32 Å². The number of carbonyl (C=O) groups excluding carboxylic acids is 1. The van der Waals surface area contributed by atoms with Gasteiger partial charge in [0.2, 0.25) is 5.91 Å². The molecule has 1 aliphatic rings. The van der Waals surface area contributed by atoms with E-state index in [2.05, 4.69) is 32.2 Å². The lowest BCUT2D eigenvalue weighted by Crippen LogP contribution is -2.41. The molecule has 0 aliphatic heterocycles. The number of hydrogen-bond acceptors (Lipinski definition) is 3. The predicted molar refractivity (Wildman–Crippen MR) is 78.0 cm³/mol. The monoisotopic (exact) mass is 281 g/mol. The van der Waals surface area contributed by atoms with E-state index in [4.69, 9.17) is 0 Å². The minimum absolute atomic E-state index is 0.00155. The summed E-state index contributed by atoms with van der Waals surface area (Å²) in [6.07, 6.45) is 2.02. The van der Waals surface area contributed by atoms with Crippen molar-refractivity contribution in [3.63, 3.8) is 0 Å². The van der Waals surface area contributed by atoms with Crippen molar-refractivity contribution in [2.24, 2.45) is 11.3 Å². The second-order valence-corrected chi connectivity index (χ2v) is 7.41. The van der Waals surface area contributed by atoms with Gasteiger partial charge in [0, 0.05) is 4.88 Å². The normalized spacial score (nSPS) is 25.3. The molecule has 0 aromatic carbocycles. The molecule has 2 rings (SSSR count). The molecule has 1 aliphatic carbocycles. The third-order valence-electron chi connectivity index (χ3n) is 3.80. The number of hydrogen-bond donors (Lipinski definition) is 2. The minimum Gasteiger partial charge on any atom is -0.392 e. The van der Waals surface area contributed by atoms with Gasteiger partial charge in [-0.05, 0) is 36.1 Å². The maximum atomic E-state index is 12.3. The lowest BCUT2D eigenvalue weighted by atomic mass is 9.85. The molecule has 3 nitrogen and oxygen atoms in total. The third-order valence-corrected chi connectivity index (χ3v) is 4.73. The van der Waals surface area contributed by atoms with Gasteiger partial charge in [-0.1, -0.05) is 26.8 Å². The van der Waals surface area contributed by atoms with Crippen LogP contribution in [0.3, 0.4) is 0 Å². The van der Waals surface area contributed by atoms with Crippen LogP contribution in [0.25, 0.3) is 0 Å². The van der Waals surface area contributed by atoms with Crippen LogP contribution in [0.2, 0.25) is 0 Å². The van der Waals surface area contributed by atoms with Gasteiger partial charge < -0.3 is 10.4 Å². The molecule has 0 radical (unpaired) electrons. The molecular formula is C15H23NO2S. The summed E-state index contributed by atoms with van der Waals surface area (Å²) in [6, 6.07) is 4.08. The number of aliphatic hydroxyl groups is 1. The van der Waals surface area contributed by atoms with Crippen molar-refractivity contribution in [3.05, 3.63) is 22.4 Å². The number of aliphatic hydroxyl groups excluding tert-OH is 1. The molecule has 19 heavy (non-hydrogen) atoms. The third kappa shape index (κ3) is 3.37. The molecule has 3 atom stereocenters. The molecule has 0 bridgehead atoms. The molecule has 1 saturated carbocycles. The van der Waals surface area contributed by atoms with Gasteiger partial charge in [-0.2, -0.15) is 0 Å². The van der Waals surface area contributed by atoms with Crippen molar-refractivity contribution < 1.29 is 9.90 Å². The SMILES string of the molecule is CC(C)(C)C(NC(=O)C1CCCC1O)c1cccs1. The number of nitrogens with one attached hydrogen (secondary N) is 1. The Morgan fingerprint density at radius 1 is 1.47 bits per heavy atom. The van der Waals surface area contributed by atoms with E-state index in [-0.39, 0.29) is 23.3 Å². The van der Waals surface area contributed by atoms with E-state index in [0.29, 0.717) is 0 Å². The minimum atomic E-state index is -0.469. The van der Waals surface area contributed by atoms with Crippen LogP contribution in [0.1, 0.15) is 51.0 Å². The molecule has 3 unspecified atom stereocenters. The van der Waals surface area contributed by atoms with E-state index in [1.54, 1.807) is 11.3 Å². The summed E-state index contributed by atoms with van der Waals surface area (Å²) in [6.45, 7) is 6.38. The molecule has 1 amide bonds. The van der Waals surface area contributed by atoms with Crippen LogP contribution >= 0.6 is 11.3 Å². The Hall–Kier alpha value is -0.870. The van der Waals surface area contributed by atoms with Gasteiger partial charge in [0.05, 0.1) is 18.1 Å². The quantitative estimate of drug-likeness (QED) is 0.894. The van der Waals surface area contributed by atoms with E-state index < -0.39 is 6.10 Å². The van der Waals surface area contributed by atoms with Gasteiger partial charge in [0.25, 0.3) is 0 Å². The topological polar surface area (TPSA) is 49.3 Å². The van der Waals surface area contributed by atoms with Crippen LogP contribution in [0.15, 0.2) is 17.5 Å². The first-order valence-electron chi connectivity index (χ1n) is 6.91. The Balaban J connectivity index is 2.11. The average molecular weight is 281 g/mol. The summed E-state index contributed by atoms with van der Waals surface area (Å²) >= 11 is 1.67. The summed E-state index contributed by atoms with van der Waals surface area (Å²) in [5.41, 5.74) is -0.0376. The van der Waals surface area contributed by atoms with Gasteiger partial charge in [-0.25, -0.2) is 0 Å². The summed E-state index contributed by atoms with van der Waals surface area (Å²) < 4.78 is 0. The zero-order valence-corrected chi connectivity index (χ0v) is 12.7. The van der Waals surface area contributed by atoms with E-state index in [9.17, 15) is 9.90 Å². The summed E-state index contributed by atoms with van der Waals surface area (Å²) in [4.78, 5) is 13.5. The summed E-state index contributed by atoms with van der Waals surface area (Å²) in [5, 5.41) is 15.0. The highest BCUT2D eigenvalue weighted by molar-refractivity contribution is 7.10. The lowest BCUT2D eigenvalue weighted by Gasteiger charge is -2.32. The smallest absolute Gasteiger partial charge is 0.226 e. The number of amides is 1. The van der Waals surface area contributed by atoms with Crippen molar-refractivity contribution in [2.45, 2.75) is 52.2 Å². The van der Waals surface area contributed by atoms with Crippen LogP contribution in [-0.2, 0) is 4.79 Å². The fraction of sp³-hybridized carbons (Fsp3) is 0.667. The van der Waals surface area contributed by atoms with Gasteiger partial charge in [0.15, 0.2) is 0 Å².